The van der Waals surface area contributed by atoms with Gasteiger partial charge in [-0.2, -0.15) is 0 Å². The lowest BCUT2D eigenvalue weighted by Crippen LogP contribution is -2.44. The lowest BCUT2D eigenvalue weighted by Gasteiger charge is -2.40. The van der Waals surface area contributed by atoms with E-state index in [9.17, 15) is 5.11 Å². The van der Waals surface area contributed by atoms with Crippen molar-refractivity contribution in [2.75, 3.05) is 26.2 Å². The summed E-state index contributed by atoms with van der Waals surface area (Å²) >= 11 is 0. The molecule has 0 radical (unpaired) electrons. The number of nitrogens with two attached hydrogens (primary N) is 1. The maximum atomic E-state index is 9.17. The van der Waals surface area contributed by atoms with Crippen LogP contribution in [0.25, 0.3) is 0 Å². The SMILES string of the molecule is CC1(C)CCC(N)C(CN2CCC(CO)C2)C1. The van der Waals surface area contributed by atoms with Gasteiger partial charge < -0.3 is 15.7 Å². The number of aliphatic hydroxyl groups is 1. The summed E-state index contributed by atoms with van der Waals surface area (Å²) in [6, 6.07) is 0.385. The van der Waals surface area contributed by atoms with Crippen molar-refractivity contribution in [1.29, 1.82) is 0 Å². The standard InChI is InChI=1S/C14H28N2O/c1-14(2)5-3-13(15)12(7-14)9-16-6-4-11(8-16)10-17/h11-13,17H,3-10,15H2,1-2H3. The van der Waals surface area contributed by atoms with Crippen molar-refractivity contribution in [2.24, 2.45) is 23.0 Å². The summed E-state index contributed by atoms with van der Waals surface area (Å²) in [6.45, 7) is 8.44. The Hall–Kier alpha value is -0.120. The Labute approximate surface area is 105 Å². The lowest BCUT2D eigenvalue weighted by molar-refractivity contribution is 0.120. The summed E-state index contributed by atoms with van der Waals surface area (Å²) in [4.78, 5) is 2.51. The smallest absolute Gasteiger partial charge is 0.0471 e. The zero-order valence-electron chi connectivity index (χ0n) is 11.4. The van der Waals surface area contributed by atoms with Gasteiger partial charge >= 0.3 is 0 Å². The maximum absolute atomic E-state index is 9.17. The van der Waals surface area contributed by atoms with E-state index in [0.717, 1.165) is 26.1 Å². The molecule has 1 aliphatic carbocycles. The molecule has 3 atom stereocenters. The molecule has 1 aliphatic heterocycles. The molecule has 1 heterocycles. The van der Waals surface area contributed by atoms with Crippen LogP contribution >= 0.6 is 0 Å². The van der Waals surface area contributed by atoms with Gasteiger partial charge in [-0.15, -0.1) is 0 Å². The van der Waals surface area contributed by atoms with Crippen LogP contribution in [0, 0.1) is 17.3 Å². The third kappa shape index (κ3) is 3.43. The minimum absolute atomic E-state index is 0.346. The molecule has 0 amide bonds. The van der Waals surface area contributed by atoms with E-state index in [4.69, 9.17) is 5.73 Å². The van der Waals surface area contributed by atoms with Gasteiger partial charge in [0.25, 0.3) is 0 Å². The lowest BCUT2D eigenvalue weighted by atomic mass is 9.70. The molecule has 1 saturated carbocycles. The minimum atomic E-state index is 0.346. The van der Waals surface area contributed by atoms with Gasteiger partial charge in [-0.1, -0.05) is 13.8 Å². The fourth-order valence-electron chi connectivity index (χ4n) is 3.52. The van der Waals surface area contributed by atoms with Crippen LogP contribution in [-0.4, -0.2) is 42.3 Å². The monoisotopic (exact) mass is 240 g/mol. The number of likely N-dealkylation sites (tertiary alicyclic amines) is 1. The molecule has 3 N–H and O–H groups in total. The highest BCUT2D eigenvalue weighted by Crippen LogP contribution is 2.38. The normalized spacial score (nSPS) is 38.5. The van der Waals surface area contributed by atoms with Gasteiger partial charge in [-0.3, -0.25) is 0 Å². The highest BCUT2D eigenvalue weighted by molar-refractivity contribution is 4.89. The van der Waals surface area contributed by atoms with Crippen LogP contribution in [0.15, 0.2) is 0 Å². The fourth-order valence-corrected chi connectivity index (χ4v) is 3.52. The summed E-state index contributed by atoms with van der Waals surface area (Å²) < 4.78 is 0. The van der Waals surface area contributed by atoms with E-state index in [-0.39, 0.29) is 0 Å². The van der Waals surface area contributed by atoms with Gasteiger partial charge in [0, 0.05) is 25.7 Å². The first-order valence-electron chi connectivity index (χ1n) is 7.09. The zero-order chi connectivity index (χ0) is 12.5. The molecule has 0 aromatic carbocycles. The summed E-state index contributed by atoms with van der Waals surface area (Å²) in [5.74, 6) is 1.15. The van der Waals surface area contributed by atoms with E-state index >= 15 is 0 Å². The molecule has 3 nitrogen and oxygen atoms in total. The number of nitrogens with zero attached hydrogens (tertiary/aromatic N) is 1. The van der Waals surface area contributed by atoms with Crippen molar-refractivity contribution in [3.63, 3.8) is 0 Å². The summed E-state index contributed by atoms with van der Waals surface area (Å²) in [6.07, 6.45) is 4.86. The molecular formula is C14H28N2O. The highest BCUT2D eigenvalue weighted by atomic mass is 16.3. The van der Waals surface area contributed by atoms with E-state index in [1.807, 2.05) is 0 Å². The summed E-state index contributed by atoms with van der Waals surface area (Å²) in [5.41, 5.74) is 6.74. The number of rotatable bonds is 3. The van der Waals surface area contributed by atoms with E-state index in [1.165, 1.54) is 19.3 Å². The average Bonchev–Trinajstić information content (AvgIpc) is 2.71. The fraction of sp³-hybridized carbons (Fsp3) is 1.00. The van der Waals surface area contributed by atoms with Crippen LogP contribution in [0.3, 0.4) is 0 Å². The molecule has 1 saturated heterocycles. The average molecular weight is 240 g/mol. The van der Waals surface area contributed by atoms with Crippen LogP contribution in [0.2, 0.25) is 0 Å². The second-order valence-corrected chi connectivity index (χ2v) is 6.93. The van der Waals surface area contributed by atoms with E-state index in [1.54, 1.807) is 0 Å². The van der Waals surface area contributed by atoms with Gasteiger partial charge in [0.2, 0.25) is 0 Å². The van der Waals surface area contributed by atoms with Crippen LogP contribution in [0.5, 0.6) is 0 Å². The van der Waals surface area contributed by atoms with Crippen LogP contribution in [0.4, 0.5) is 0 Å². The molecule has 2 fully saturated rings. The van der Waals surface area contributed by atoms with Crippen molar-refractivity contribution in [2.45, 2.75) is 45.6 Å². The Morgan fingerprint density at radius 3 is 2.76 bits per heavy atom. The highest BCUT2D eigenvalue weighted by Gasteiger charge is 2.35. The first-order valence-corrected chi connectivity index (χ1v) is 7.09. The first-order chi connectivity index (χ1) is 8.00. The largest absolute Gasteiger partial charge is 0.396 e. The molecular weight excluding hydrogens is 212 g/mol. The van der Waals surface area contributed by atoms with Crippen molar-refractivity contribution in [1.82, 2.24) is 4.90 Å². The van der Waals surface area contributed by atoms with Crippen LogP contribution in [0.1, 0.15) is 39.5 Å². The Balaban J connectivity index is 1.85. The maximum Gasteiger partial charge on any atom is 0.0471 e. The van der Waals surface area contributed by atoms with Gasteiger partial charge in [0.1, 0.15) is 0 Å². The molecule has 3 unspecified atom stereocenters. The molecule has 2 aliphatic rings. The summed E-state index contributed by atoms with van der Waals surface area (Å²) in [5, 5.41) is 9.17. The Kier molecular flexibility index (Phi) is 4.11. The van der Waals surface area contributed by atoms with E-state index in [2.05, 4.69) is 18.7 Å². The number of aliphatic hydroxyl groups excluding tert-OH is 1. The van der Waals surface area contributed by atoms with Gasteiger partial charge in [0.15, 0.2) is 0 Å². The second kappa shape index (κ2) is 5.25. The molecule has 17 heavy (non-hydrogen) atoms. The van der Waals surface area contributed by atoms with Crippen molar-refractivity contribution in [3.8, 4) is 0 Å². The predicted octanol–water partition coefficient (Wildman–Crippen LogP) is 1.45. The zero-order valence-corrected chi connectivity index (χ0v) is 11.4. The van der Waals surface area contributed by atoms with Crippen LogP contribution < -0.4 is 5.73 Å². The van der Waals surface area contributed by atoms with Crippen molar-refractivity contribution in [3.05, 3.63) is 0 Å². The quantitative estimate of drug-likeness (QED) is 0.785. The van der Waals surface area contributed by atoms with Crippen LogP contribution in [-0.2, 0) is 0 Å². The summed E-state index contributed by atoms with van der Waals surface area (Å²) in [7, 11) is 0. The van der Waals surface area contributed by atoms with Gasteiger partial charge in [-0.05, 0) is 49.5 Å². The van der Waals surface area contributed by atoms with Gasteiger partial charge in [0.05, 0.1) is 0 Å². The Morgan fingerprint density at radius 2 is 2.12 bits per heavy atom. The predicted molar refractivity (Wildman–Crippen MR) is 70.7 cm³/mol. The molecule has 2 rings (SSSR count). The first kappa shape index (κ1) is 13.3. The number of hydrogen-bond donors (Lipinski definition) is 2. The molecule has 3 heteroatoms. The Morgan fingerprint density at radius 1 is 1.35 bits per heavy atom. The minimum Gasteiger partial charge on any atom is -0.396 e. The Bertz CT molecular complexity index is 255. The molecule has 0 aromatic heterocycles. The second-order valence-electron chi connectivity index (χ2n) is 6.93. The van der Waals surface area contributed by atoms with Crippen molar-refractivity contribution < 1.29 is 5.11 Å². The van der Waals surface area contributed by atoms with E-state index < -0.39 is 0 Å². The molecule has 0 spiro atoms. The third-order valence-electron chi connectivity index (χ3n) is 4.70. The third-order valence-corrected chi connectivity index (χ3v) is 4.70. The topological polar surface area (TPSA) is 49.5 Å². The van der Waals surface area contributed by atoms with Crippen molar-refractivity contribution >= 4 is 0 Å². The van der Waals surface area contributed by atoms with E-state index in [0.29, 0.717) is 29.9 Å². The van der Waals surface area contributed by atoms with Gasteiger partial charge in [-0.25, -0.2) is 0 Å². The molecule has 100 valence electrons. The number of hydrogen-bond acceptors (Lipinski definition) is 3. The molecule has 0 aromatic rings. The molecule has 0 bridgehead atoms.